The molecule has 1 amide bonds. The van der Waals surface area contributed by atoms with Crippen LogP contribution in [-0.4, -0.2) is 26.7 Å². The normalized spacial score (nSPS) is 14.8. The highest BCUT2D eigenvalue weighted by molar-refractivity contribution is 9.10. The van der Waals surface area contributed by atoms with Gasteiger partial charge in [-0.15, -0.1) is 0 Å². The summed E-state index contributed by atoms with van der Waals surface area (Å²) in [6.07, 6.45) is 2.20. The predicted octanol–water partition coefficient (Wildman–Crippen LogP) is 3.93. The summed E-state index contributed by atoms with van der Waals surface area (Å²) >= 11 is 3.41. The van der Waals surface area contributed by atoms with Gasteiger partial charge >= 0.3 is 0 Å². The minimum atomic E-state index is -0.124. The largest absolute Gasteiger partial charge is 0.495 e. The average Bonchev–Trinajstić information content (AvgIpc) is 3.42. The molecule has 5 heteroatoms. The quantitative estimate of drug-likeness (QED) is 0.813. The van der Waals surface area contributed by atoms with E-state index in [0.29, 0.717) is 28.1 Å². The third-order valence-electron chi connectivity index (χ3n) is 4.53. The topological polar surface area (TPSA) is 47.6 Å². The first-order chi connectivity index (χ1) is 11.6. The highest BCUT2D eigenvalue weighted by Gasteiger charge is 2.44. The molecule has 1 saturated carbocycles. The zero-order valence-electron chi connectivity index (χ0n) is 13.8. The Morgan fingerprint density at radius 2 is 1.71 bits per heavy atom. The van der Waals surface area contributed by atoms with Crippen molar-refractivity contribution in [3.63, 3.8) is 0 Å². The van der Waals surface area contributed by atoms with Gasteiger partial charge < -0.3 is 14.8 Å². The molecule has 0 bridgehead atoms. The lowest BCUT2D eigenvalue weighted by atomic mass is 9.96. The third-order valence-corrected chi connectivity index (χ3v) is 5.32. The van der Waals surface area contributed by atoms with E-state index in [0.717, 1.165) is 12.8 Å². The molecular formula is C19H20BrNO3. The monoisotopic (exact) mass is 389 g/mol. The lowest BCUT2D eigenvalue weighted by molar-refractivity contribution is 0.0949. The number of halogens is 1. The molecule has 2 aromatic carbocycles. The van der Waals surface area contributed by atoms with Crippen molar-refractivity contribution >= 4 is 21.8 Å². The smallest absolute Gasteiger partial charge is 0.251 e. The van der Waals surface area contributed by atoms with E-state index in [9.17, 15) is 4.79 Å². The number of rotatable bonds is 6. The molecule has 1 fully saturated rings. The Morgan fingerprint density at radius 3 is 2.21 bits per heavy atom. The summed E-state index contributed by atoms with van der Waals surface area (Å²) in [5.74, 6) is 1.02. The third kappa shape index (κ3) is 3.26. The van der Waals surface area contributed by atoms with Gasteiger partial charge in [-0.25, -0.2) is 0 Å². The Kier molecular flexibility index (Phi) is 4.81. The molecule has 0 aromatic heterocycles. The molecule has 0 aliphatic heterocycles. The first-order valence-electron chi connectivity index (χ1n) is 7.85. The summed E-state index contributed by atoms with van der Waals surface area (Å²) in [5.41, 5.74) is 1.90. The number of carbonyl (C=O) groups is 1. The van der Waals surface area contributed by atoms with E-state index in [-0.39, 0.29) is 11.3 Å². The molecule has 0 radical (unpaired) electrons. The van der Waals surface area contributed by atoms with Crippen molar-refractivity contribution in [3.05, 3.63) is 58.1 Å². The van der Waals surface area contributed by atoms with Gasteiger partial charge in [-0.2, -0.15) is 0 Å². The van der Waals surface area contributed by atoms with Crippen LogP contribution in [0.1, 0.15) is 28.8 Å². The number of methoxy groups -OCH3 is 2. The highest BCUT2D eigenvalue weighted by atomic mass is 79.9. The van der Waals surface area contributed by atoms with E-state index >= 15 is 0 Å². The van der Waals surface area contributed by atoms with Crippen molar-refractivity contribution < 1.29 is 14.3 Å². The van der Waals surface area contributed by atoms with E-state index in [1.165, 1.54) is 5.56 Å². The van der Waals surface area contributed by atoms with Gasteiger partial charge in [0.2, 0.25) is 0 Å². The van der Waals surface area contributed by atoms with Crippen LogP contribution < -0.4 is 14.8 Å². The van der Waals surface area contributed by atoms with E-state index in [1.807, 2.05) is 18.2 Å². The van der Waals surface area contributed by atoms with Gasteiger partial charge in [0.1, 0.15) is 16.0 Å². The van der Waals surface area contributed by atoms with Crippen molar-refractivity contribution in [1.82, 2.24) is 5.32 Å². The summed E-state index contributed by atoms with van der Waals surface area (Å²) in [7, 11) is 3.13. The molecule has 24 heavy (non-hydrogen) atoms. The first-order valence-corrected chi connectivity index (χ1v) is 8.64. The molecular weight excluding hydrogens is 370 g/mol. The molecule has 1 aliphatic rings. The molecule has 126 valence electrons. The van der Waals surface area contributed by atoms with Crippen LogP contribution in [-0.2, 0) is 5.41 Å². The zero-order valence-corrected chi connectivity index (χ0v) is 15.4. The number of hydrogen-bond donors (Lipinski definition) is 1. The molecule has 0 heterocycles. The number of carbonyl (C=O) groups excluding carboxylic acids is 1. The fraction of sp³-hybridized carbons (Fsp3) is 0.316. The Morgan fingerprint density at radius 1 is 1.12 bits per heavy atom. The number of hydrogen-bond acceptors (Lipinski definition) is 3. The van der Waals surface area contributed by atoms with E-state index in [1.54, 1.807) is 26.4 Å². The van der Waals surface area contributed by atoms with E-state index in [2.05, 4.69) is 33.4 Å². The molecule has 0 spiro atoms. The molecule has 0 saturated heterocycles. The van der Waals surface area contributed by atoms with Crippen LogP contribution in [0.15, 0.2) is 46.9 Å². The van der Waals surface area contributed by atoms with E-state index < -0.39 is 0 Å². The fourth-order valence-corrected chi connectivity index (χ4v) is 3.41. The van der Waals surface area contributed by atoms with Gasteiger partial charge in [0.25, 0.3) is 5.91 Å². The van der Waals surface area contributed by atoms with Crippen molar-refractivity contribution in [3.8, 4) is 11.5 Å². The first kappa shape index (κ1) is 16.8. The van der Waals surface area contributed by atoms with Gasteiger partial charge in [-0.05, 0) is 46.5 Å². The maximum atomic E-state index is 12.6. The van der Waals surface area contributed by atoms with Crippen molar-refractivity contribution in [1.29, 1.82) is 0 Å². The van der Waals surface area contributed by atoms with Crippen LogP contribution in [0.3, 0.4) is 0 Å². The second-order valence-corrected chi connectivity index (χ2v) is 6.82. The van der Waals surface area contributed by atoms with Gasteiger partial charge in [0.05, 0.1) is 14.2 Å². The summed E-state index contributed by atoms with van der Waals surface area (Å²) in [6.45, 7) is 0.635. The minimum Gasteiger partial charge on any atom is -0.495 e. The van der Waals surface area contributed by atoms with E-state index in [4.69, 9.17) is 9.47 Å². The van der Waals surface area contributed by atoms with Crippen molar-refractivity contribution in [2.24, 2.45) is 0 Å². The maximum Gasteiger partial charge on any atom is 0.251 e. The maximum absolute atomic E-state index is 12.6. The van der Waals surface area contributed by atoms with Crippen molar-refractivity contribution in [2.75, 3.05) is 20.8 Å². The number of amides is 1. The Labute approximate surface area is 150 Å². The molecule has 2 aromatic rings. The number of nitrogens with one attached hydrogen (secondary N) is 1. The summed E-state index contributed by atoms with van der Waals surface area (Å²) in [4.78, 5) is 12.6. The summed E-state index contributed by atoms with van der Waals surface area (Å²) in [6, 6.07) is 13.8. The molecule has 3 rings (SSSR count). The van der Waals surface area contributed by atoms with Gasteiger partial charge in [-0.1, -0.05) is 30.3 Å². The zero-order chi connectivity index (χ0) is 17.2. The molecule has 0 atom stereocenters. The second kappa shape index (κ2) is 6.85. The Bertz CT molecular complexity index is 717. The standard InChI is InChI=1S/C19H20BrNO3/c1-23-15-10-13(11-16(24-2)17(15)20)18(22)21-12-19(8-9-19)14-6-4-3-5-7-14/h3-7,10-11H,8-9,12H2,1-2H3,(H,21,22). The molecule has 1 aliphatic carbocycles. The molecule has 1 N–H and O–H groups in total. The fourth-order valence-electron chi connectivity index (χ4n) is 2.86. The lowest BCUT2D eigenvalue weighted by Gasteiger charge is -2.17. The van der Waals surface area contributed by atoms with Crippen LogP contribution in [0.5, 0.6) is 11.5 Å². The van der Waals surface area contributed by atoms with Gasteiger partial charge in [-0.3, -0.25) is 4.79 Å². The molecule has 0 unspecified atom stereocenters. The number of benzene rings is 2. The van der Waals surface area contributed by atoms with Crippen LogP contribution in [0.4, 0.5) is 0 Å². The Hall–Kier alpha value is -2.01. The van der Waals surface area contributed by atoms with Gasteiger partial charge in [0, 0.05) is 17.5 Å². The van der Waals surface area contributed by atoms with Crippen molar-refractivity contribution in [2.45, 2.75) is 18.3 Å². The average molecular weight is 390 g/mol. The number of ether oxygens (including phenoxy) is 2. The van der Waals surface area contributed by atoms with Crippen LogP contribution in [0, 0.1) is 0 Å². The van der Waals surface area contributed by atoms with Crippen LogP contribution in [0.2, 0.25) is 0 Å². The summed E-state index contributed by atoms with van der Waals surface area (Å²) < 4.78 is 11.3. The Balaban J connectivity index is 1.74. The van der Waals surface area contributed by atoms with Crippen LogP contribution in [0.25, 0.3) is 0 Å². The van der Waals surface area contributed by atoms with Gasteiger partial charge in [0.15, 0.2) is 0 Å². The lowest BCUT2D eigenvalue weighted by Crippen LogP contribution is -2.32. The predicted molar refractivity (Wildman–Crippen MR) is 96.9 cm³/mol. The van der Waals surface area contributed by atoms with Crippen LogP contribution >= 0.6 is 15.9 Å². The summed E-state index contributed by atoms with van der Waals surface area (Å²) in [5, 5.41) is 3.06. The highest BCUT2D eigenvalue weighted by Crippen LogP contribution is 2.47. The SMILES string of the molecule is COc1cc(C(=O)NCC2(c3ccccc3)CC2)cc(OC)c1Br. The molecule has 4 nitrogen and oxygen atoms in total. The minimum absolute atomic E-state index is 0.0838. The second-order valence-electron chi connectivity index (χ2n) is 6.02.